The summed E-state index contributed by atoms with van der Waals surface area (Å²) in [5.41, 5.74) is 0. The summed E-state index contributed by atoms with van der Waals surface area (Å²) in [5, 5.41) is 20.2. The van der Waals surface area contributed by atoms with Gasteiger partial charge in [-0.05, 0) is 13.3 Å². The van der Waals surface area contributed by atoms with E-state index in [1.165, 1.54) is 0 Å². The minimum absolute atomic E-state index is 0.0217. The number of aliphatic hydroxyl groups is 1. The number of urea groups is 1. The summed E-state index contributed by atoms with van der Waals surface area (Å²) in [4.78, 5) is 26.9. The predicted molar refractivity (Wildman–Crippen MR) is 74.6 cm³/mol. The zero-order valence-corrected chi connectivity index (χ0v) is 12.2. The molecule has 0 aliphatic carbocycles. The molecule has 0 bridgehead atoms. The summed E-state index contributed by atoms with van der Waals surface area (Å²) in [6.07, 6.45) is 1.09. The first-order valence-corrected chi connectivity index (χ1v) is 7.12. The van der Waals surface area contributed by atoms with Gasteiger partial charge < -0.3 is 20.4 Å². The highest BCUT2D eigenvalue weighted by atomic mass is 16.4. The fourth-order valence-corrected chi connectivity index (χ4v) is 2.25. The van der Waals surface area contributed by atoms with E-state index in [1.54, 1.807) is 4.90 Å². The first-order valence-electron chi connectivity index (χ1n) is 7.12. The summed E-state index contributed by atoms with van der Waals surface area (Å²) in [6.45, 7) is 6.84. The van der Waals surface area contributed by atoms with E-state index in [0.29, 0.717) is 19.1 Å². The van der Waals surface area contributed by atoms with Crippen LogP contribution in [0.2, 0.25) is 0 Å². The molecule has 1 fully saturated rings. The van der Waals surface area contributed by atoms with Crippen LogP contribution < -0.4 is 5.32 Å². The molecule has 1 rings (SSSR count). The Kier molecular flexibility index (Phi) is 6.74. The molecule has 1 aliphatic rings. The first-order chi connectivity index (χ1) is 9.49. The topological polar surface area (TPSA) is 93.1 Å². The van der Waals surface area contributed by atoms with Crippen LogP contribution in [0.3, 0.4) is 0 Å². The second kappa shape index (κ2) is 8.06. The van der Waals surface area contributed by atoms with Crippen molar-refractivity contribution in [2.75, 3.05) is 32.8 Å². The third kappa shape index (κ3) is 4.64. The van der Waals surface area contributed by atoms with E-state index in [-0.39, 0.29) is 19.1 Å². The van der Waals surface area contributed by atoms with Gasteiger partial charge >= 0.3 is 12.0 Å². The number of carboxylic acid groups (broad SMARTS) is 1. The van der Waals surface area contributed by atoms with Crippen molar-refractivity contribution < 1.29 is 19.8 Å². The summed E-state index contributed by atoms with van der Waals surface area (Å²) in [7, 11) is 0. The molecule has 0 saturated carbocycles. The number of nitrogens with zero attached hydrogens (tertiary/aromatic N) is 2. The molecule has 2 atom stereocenters. The van der Waals surface area contributed by atoms with Crippen molar-refractivity contribution in [3.63, 3.8) is 0 Å². The predicted octanol–water partition coefficient (Wildman–Crippen LogP) is -0.0523. The Morgan fingerprint density at radius 2 is 1.85 bits per heavy atom. The molecule has 1 saturated heterocycles. The van der Waals surface area contributed by atoms with Gasteiger partial charge in [0.2, 0.25) is 0 Å². The summed E-state index contributed by atoms with van der Waals surface area (Å²) in [5.74, 6) is -1.12. The third-order valence-corrected chi connectivity index (χ3v) is 3.83. The molecule has 7 heteroatoms. The molecule has 7 nitrogen and oxygen atoms in total. The van der Waals surface area contributed by atoms with Crippen LogP contribution in [0, 0.1) is 0 Å². The van der Waals surface area contributed by atoms with Gasteiger partial charge in [0, 0.05) is 45.2 Å². The van der Waals surface area contributed by atoms with Gasteiger partial charge in [0.05, 0.1) is 0 Å². The van der Waals surface area contributed by atoms with Crippen molar-refractivity contribution in [1.82, 2.24) is 15.1 Å². The van der Waals surface area contributed by atoms with Crippen molar-refractivity contribution in [2.45, 2.75) is 38.8 Å². The molecule has 2 unspecified atom stereocenters. The average Bonchev–Trinajstić information content (AvgIpc) is 2.45. The van der Waals surface area contributed by atoms with Gasteiger partial charge in [0.15, 0.2) is 0 Å². The van der Waals surface area contributed by atoms with Crippen molar-refractivity contribution in [3.8, 4) is 0 Å². The number of hydrogen-bond donors (Lipinski definition) is 3. The van der Waals surface area contributed by atoms with Crippen molar-refractivity contribution in [2.24, 2.45) is 0 Å². The molecule has 2 amide bonds. The van der Waals surface area contributed by atoms with E-state index >= 15 is 0 Å². The van der Waals surface area contributed by atoms with E-state index in [9.17, 15) is 9.59 Å². The Labute approximate surface area is 119 Å². The molecule has 3 N–H and O–H groups in total. The Morgan fingerprint density at radius 1 is 1.25 bits per heavy atom. The average molecular weight is 287 g/mol. The molecule has 0 aromatic rings. The summed E-state index contributed by atoms with van der Waals surface area (Å²) in [6, 6.07) is -0.892. The second-order valence-electron chi connectivity index (χ2n) is 5.13. The van der Waals surface area contributed by atoms with Crippen LogP contribution in [0.5, 0.6) is 0 Å². The number of rotatable bonds is 6. The van der Waals surface area contributed by atoms with Crippen LogP contribution in [-0.2, 0) is 4.79 Å². The van der Waals surface area contributed by atoms with Gasteiger partial charge in [-0.3, -0.25) is 4.90 Å². The van der Waals surface area contributed by atoms with Gasteiger partial charge in [0.1, 0.15) is 6.04 Å². The van der Waals surface area contributed by atoms with Gasteiger partial charge in [-0.2, -0.15) is 0 Å². The van der Waals surface area contributed by atoms with Crippen LogP contribution in [0.15, 0.2) is 0 Å². The van der Waals surface area contributed by atoms with Gasteiger partial charge in [-0.1, -0.05) is 6.92 Å². The lowest BCUT2D eigenvalue weighted by atomic mass is 10.2. The van der Waals surface area contributed by atoms with Crippen molar-refractivity contribution in [1.29, 1.82) is 0 Å². The van der Waals surface area contributed by atoms with Crippen LogP contribution in [0.4, 0.5) is 4.79 Å². The molecular formula is C13H25N3O4. The molecule has 1 heterocycles. The Balaban J connectivity index is 2.44. The number of carboxylic acids is 1. The Bertz CT molecular complexity index is 330. The molecule has 0 aromatic heterocycles. The van der Waals surface area contributed by atoms with Crippen molar-refractivity contribution in [3.05, 3.63) is 0 Å². The molecule has 116 valence electrons. The fraction of sp³-hybridized carbons (Fsp3) is 0.846. The smallest absolute Gasteiger partial charge is 0.326 e. The first kappa shape index (κ1) is 16.7. The number of carbonyl (C=O) groups is 2. The van der Waals surface area contributed by atoms with Crippen LogP contribution in [-0.4, -0.2) is 76.9 Å². The lowest BCUT2D eigenvalue weighted by Crippen LogP contribution is -2.56. The minimum Gasteiger partial charge on any atom is -0.480 e. The summed E-state index contributed by atoms with van der Waals surface area (Å²) >= 11 is 0. The molecule has 0 aromatic carbocycles. The van der Waals surface area contributed by atoms with E-state index < -0.39 is 12.0 Å². The maximum atomic E-state index is 12.0. The number of aliphatic hydroxyl groups excluding tert-OH is 1. The van der Waals surface area contributed by atoms with Gasteiger partial charge in [-0.25, -0.2) is 9.59 Å². The number of hydrogen-bond acceptors (Lipinski definition) is 4. The Hall–Kier alpha value is -1.34. The third-order valence-electron chi connectivity index (χ3n) is 3.83. The zero-order valence-electron chi connectivity index (χ0n) is 12.2. The highest BCUT2D eigenvalue weighted by molar-refractivity contribution is 5.82. The maximum Gasteiger partial charge on any atom is 0.326 e. The van der Waals surface area contributed by atoms with Gasteiger partial charge in [-0.15, -0.1) is 0 Å². The van der Waals surface area contributed by atoms with Crippen molar-refractivity contribution >= 4 is 12.0 Å². The lowest BCUT2D eigenvalue weighted by molar-refractivity contribution is -0.139. The molecule has 20 heavy (non-hydrogen) atoms. The standard InChI is InChI=1S/C13H25N3O4/c1-3-10(2)15-5-7-16(8-6-15)13(20)14-11(4-9-17)12(18)19/h10-11,17H,3-9H2,1-2H3,(H,14,20)(H,18,19). The number of piperazine rings is 1. The highest BCUT2D eigenvalue weighted by Crippen LogP contribution is 2.09. The van der Waals surface area contributed by atoms with E-state index in [0.717, 1.165) is 19.5 Å². The monoisotopic (exact) mass is 287 g/mol. The second-order valence-corrected chi connectivity index (χ2v) is 5.13. The number of nitrogens with one attached hydrogen (secondary N) is 1. The van der Waals surface area contributed by atoms with E-state index in [4.69, 9.17) is 10.2 Å². The van der Waals surface area contributed by atoms with Crippen LogP contribution >= 0.6 is 0 Å². The number of aliphatic carboxylic acids is 1. The van der Waals surface area contributed by atoms with Crippen LogP contribution in [0.25, 0.3) is 0 Å². The minimum atomic E-state index is -1.12. The SMILES string of the molecule is CCC(C)N1CCN(C(=O)NC(CCO)C(=O)O)CC1. The van der Waals surface area contributed by atoms with Crippen LogP contribution in [0.1, 0.15) is 26.7 Å². The molecule has 0 spiro atoms. The number of carbonyl (C=O) groups excluding carboxylic acids is 1. The van der Waals surface area contributed by atoms with E-state index in [1.807, 2.05) is 0 Å². The van der Waals surface area contributed by atoms with Gasteiger partial charge in [0.25, 0.3) is 0 Å². The quantitative estimate of drug-likeness (QED) is 0.637. The zero-order chi connectivity index (χ0) is 15.1. The summed E-state index contributed by atoms with van der Waals surface area (Å²) < 4.78 is 0. The largest absolute Gasteiger partial charge is 0.480 e. The Morgan fingerprint density at radius 3 is 2.30 bits per heavy atom. The highest BCUT2D eigenvalue weighted by Gasteiger charge is 2.26. The molecule has 0 radical (unpaired) electrons. The molecule has 1 aliphatic heterocycles. The maximum absolute atomic E-state index is 12.0. The fourth-order valence-electron chi connectivity index (χ4n) is 2.25. The lowest BCUT2D eigenvalue weighted by Gasteiger charge is -2.38. The normalized spacial score (nSPS) is 19.4. The number of amides is 2. The van der Waals surface area contributed by atoms with E-state index in [2.05, 4.69) is 24.1 Å². The molecular weight excluding hydrogens is 262 g/mol.